The van der Waals surface area contributed by atoms with Crippen LogP contribution in [0.3, 0.4) is 0 Å². The summed E-state index contributed by atoms with van der Waals surface area (Å²) >= 11 is 0. The van der Waals surface area contributed by atoms with Crippen LogP contribution in [0, 0.1) is 5.92 Å². The fourth-order valence-corrected chi connectivity index (χ4v) is 2.66. The van der Waals surface area contributed by atoms with Gasteiger partial charge in [-0.05, 0) is 31.7 Å². The molecule has 2 rings (SSSR count). The Morgan fingerprint density at radius 3 is 2.55 bits per heavy atom. The highest BCUT2D eigenvalue weighted by Gasteiger charge is 2.30. The molecule has 1 aliphatic rings. The fraction of sp³-hybridized carbons (Fsp3) is 0.500. The Kier molecular flexibility index (Phi) is 4.64. The van der Waals surface area contributed by atoms with E-state index in [1.807, 2.05) is 6.07 Å². The van der Waals surface area contributed by atoms with E-state index in [1.54, 1.807) is 0 Å². The summed E-state index contributed by atoms with van der Waals surface area (Å²) in [6.45, 7) is 6.48. The summed E-state index contributed by atoms with van der Waals surface area (Å²) in [4.78, 5) is 12.3. The van der Waals surface area contributed by atoms with E-state index in [0.717, 1.165) is 19.3 Å². The minimum absolute atomic E-state index is 0.0680. The highest BCUT2D eigenvalue weighted by atomic mass is 16.1. The van der Waals surface area contributed by atoms with Crippen molar-refractivity contribution >= 4 is 5.91 Å². The van der Waals surface area contributed by atoms with Gasteiger partial charge in [0.15, 0.2) is 0 Å². The van der Waals surface area contributed by atoms with Crippen LogP contribution in [0.2, 0.25) is 0 Å². The van der Waals surface area contributed by atoms with Crippen molar-refractivity contribution in [3.8, 4) is 0 Å². The molecule has 2 heteroatoms. The summed E-state index contributed by atoms with van der Waals surface area (Å²) in [5.41, 5.74) is 1.19. The number of hydrogen-bond donors (Lipinski definition) is 1. The molecule has 0 spiro atoms. The molecule has 1 amide bonds. The fourth-order valence-electron chi connectivity index (χ4n) is 2.66. The molecule has 0 bridgehead atoms. The van der Waals surface area contributed by atoms with Gasteiger partial charge < -0.3 is 5.32 Å². The molecule has 0 saturated carbocycles. The van der Waals surface area contributed by atoms with Crippen molar-refractivity contribution in [3.63, 3.8) is 0 Å². The normalized spacial score (nSPS) is 20.4. The van der Waals surface area contributed by atoms with Crippen molar-refractivity contribution in [2.24, 2.45) is 5.92 Å². The molecule has 20 heavy (non-hydrogen) atoms. The van der Waals surface area contributed by atoms with Crippen LogP contribution in [0.5, 0.6) is 0 Å². The predicted molar refractivity (Wildman–Crippen MR) is 83.6 cm³/mol. The average molecular weight is 271 g/mol. The van der Waals surface area contributed by atoms with Gasteiger partial charge in [-0.3, -0.25) is 4.79 Å². The molecule has 2 atom stereocenters. The third kappa shape index (κ3) is 3.30. The second-order valence-corrected chi connectivity index (χ2v) is 6.30. The molecule has 0 saturated heterocycles. The number of hydrogen-bond acceptors (Lipinski definition) is 1. The second kappa shape index (κ2) is 6.25. The number of rotatable bonds is 4. The third-order valence-corrected chi connectivity index (χ3v) is 4.60. The van der Waals surface area contributed by atoms with Crippen molar-refractivity contribution in [1.82, 2.24) is 5.32 Å². The lowest BCUT2D eigenvalue weighted by Crippen LogP contribution is -2.47. The molecule has 0 unspecified atom stereocenters. The highest BCUT2D eigenvalue weighted by Crippen LogP contribution is 2.27. The zero-order valence-corrected chi connectivity index (χ0v) is 12.7. The molecule has 2 nitrogen and oxygen atoms in total. The third-order valence-electron chi connectivity index (χ3n) is 4.60. The second-order valence-electron chi connectivity index (χ2n) is 6.30. The van der Waals surface area contributed by atoms with Crippen molar-refractivity contribution in [1.29, 1.82) is 0 Å². The van der Waals surface area contributed by atoms with Crippen LogP contribution >= 0.6 is 0 Å². The van der Waals surface area contributed by atoms with Gasteiger partial charge in [-0.1, -0.05) is 56.3 Å². The van der Waals surface area contributed by atoms with Crippen LogP contribution in [0.15, 0.2) is 42.5 Å². The van der Waals surface area contributed by atoms with Crippen LogP contribution in [-0.4, -0.2) is 11.9 Å². The number of amides is 1. The molecule has 1 aromatic rings. The number of nitrogens with one attached hydrogen (secondary N) is 1. The van der Waals surface area contributed by atoms with Gasteiger partial charge in [-0.15, -0.1) is 0 Å². The first-order valence-electron chi connectivity index (χ1n) is 7.52. The predicted octanol–water partition coefficient (Wildman–Crippen LogP) is 3.83. The van der Waals surface area contributed by atoms with E-state index >= 15 is 0 Å². The van der Waals surface area contributed by atoms with Gasteiger partial charge >= 0.3 is 0 Å². The number of benzene rings is 1. The van der Waals surface area contributed by atoms with Gasteiger partial charge in [0.05, 0.1) is 0 Å². The van der Waals surface area contributed by atoms with E-state index < -0.39 is 0 Å². The standard InChI is InChI=1S/C18H25NO/c1-14(18(2,3)16-12-8-5-9-13-16)19-17(20)15-10-6-4-7-11-15/h4-6,8-9,12-15H,7,10-11H2,1-3H3,(H,19,20)/t14-,15-/m1/s1. The molecular formula is C18H25NO. The monoisotopic (exact) mass is 271 g/mol. The van der Waals surface area contributed by atoms with E-state index in [2.05, 4.69) is 62.5 Å². The van der Waals surface area contributed by atoms with E-state index in [0.29, 0.717) is 0 Å². The molecule has 1 aromatic carbocycles. The van der Waals surface area contributed by atoms with Gasteiger partial charge in [0.25, 0.3) is 0 Å². The highest BCUT2D eigenvalue weighted by molar-refractivity contribution is 5.79. The van der Waals surface area contributed by atoms with Crippen molar-refractivity contribution in [2.75, 3.05) is 0 Å². The first-order chi connectivity index (χ1) is 9.51. The Bertz CT molecular complexity index is 475. The summed E-state index contributed by atoms with van der Waals surface area (Å²) in [5, 5.41) is 3.22. The largest absolute Gasteiger partial charge is 0.353 e. The molecule has 0 radical (unpaired) electrons. The van der Waals surface area contributed by atoms with Crippen LogP contribution < -0.4 is 5.32 Å². The summed E-state index contributed by atoms with van der Waals surface area (Å²) in [7, 11) is 0. The number of allylic oxidation sites excluding steroid dienone is 2. The SMILES string of the molecule is C[C@@H](NC(=O)[C@@H]1CC=CCC1)C(C)(C)c1ccccc1. The molecule has 108 valence electrons. The quantitative estimate of drug-likeness (QED) is 0.829. The smallest absolute Gasteiger partial charge is 0.223 e. The summed E-state index contributed by atoms with van der Waals surface area (Å²) in [5.74, 6) is 0.347. The maximum atomic E-state index is 12.3. The molecule has 1 N–H and O–H groups in total. The average Bonchev–Trinajstić information content (AvgIpc) is 2.49. The molecular weight excluding hydrogens is 246 g/mol. The minimum Gasteiger partial charge on any atom is -0.353 e. The van der Waals surface area contributed by atoms with Crippen LogP contribution in [0.1, 0.15) is 45.6 Å². The Morgan fingerprint density at radius 1 is 1.25 bits per heavy atom. The lowest BCUT2D eigenvalue weighted by Gasteiger charge is -2.34. The minimum atomic E-state index is -0.0680. The topological polar surface area (TPSA) is 29.1 Å². The Balaban J connectivity index is 2.01. The summed E-state index contributed by atoms with van der Waals surface area (Å²) in [6.07, 6.45) is 7.17. The van der Waals surface area contributed by atoms with Gasteiger partial charge in [-0.25, -0.2) is 0 Å². The van der Waals surface area contributed by atoms with E-state index in [1.165, 1.54) is 5.56 Å². The van der Waals surface area contributed by atoms with Gasteiger partial charge in [0.2, 0.25) is 5.91 Å². The first kappa shape index (κ1) is 14.8. The van der Waals surface area contributed by atoms with Crippen molar-refractivity contribution < 1.29 is 4.79 Å². The zero-order chi connectivity index (χ0) is 14.6. The van der Waals surface area contributed by atoms with Crippen molar-refractivity contribution in [3.05, 3.63) is 48.0 Å². The van der Waals surface area contributed by atoms with E-state index in [9.17, 15) is 4.79 Å². The van der Waals surface area contributed by atoms with Gasteiger partial charge in [0, 0.05) is 17.4 Å². The zero-order valence-electron chi connectivity index (χ0n) is 12.7. The van der Waals surface area contributed by atoms with Crippen molar-refractivity contribution in [2.45, 2.75) is 51.5 Å². The molecule has 0 heterocycles. The van der Waals surface area contributed by atoms with Crippen LogP contribution in [-0.2, 0) is 10.2 Å². The Labute approximate surface area is 122 Å². The molecule has 0 aliphatic heterocycles. The van der Waals surface area contributed by atoms with E-state index in [4.69, 9.17) is 0 Å². The van der Waals surface area contributed by atoms with E-state index in [-0.39, 0.29) is 23.3 Å². The molecule has 0 fully saturated rings. The number of carbonyl (C=O) groups is 1. The number of carbonyl (C=O) groups excluding carboxylic acids is 1. The first-order valence-corrected chi connectivity index (χ1v) is 7.52. The Morgan fingerprint density at radius 2 is 1.95 bits per heavy atom. The maximum Gasteiger partial charge on any atom is 0.223 e. The van der Waals surface area contributed by atoms with Crippen LogP contribution in [0.25, 0.3) is 0 Å². The molecule has 0 aromatic heterocycles. The summed E-state index contributed by atoms with van der Waals surface area (Å²) < 4.78 is 0. The van der Waals surface area contributed by atoms with Crippen LogP contribution in [0.4, 0.5) is 0 Å². The lowest BCUT2D eigenvalue weighted by molar-refractivity contribution is -0.126. The Hall–Kier alpha value is -1.57. The maximum absolute atomic E-state index is 12.3. The lowest BCUT2D eigenvalue weighted by atomic mass is 9.78. The van der Waals surface area contributed by atoms with Gasteiger partial charge in [0.1, 0.15) is 0 Å². The summed E-state index contributed by atoms with van der Waals surface area (Å²) in [6, 6.07) is 10.5. The van der Waals surface area contributed by atoms with Gasteiger partial charge in [-0.2, -0.15) is 0 Å². The molecule has 1 aliphatic carbocycles.